The van der Waals surface area contributed by atoms with Gasteiger partial charge in [0.1, 0.15) is 5.70 Å². The number of non-ortho nitro benzene ring substituents is 1. The van der Waals surface area contributed by atoms with E-state index in [1.54, 1.807) is 7.11 Å². The molecule has 0 radical (unpaired) electrons. The molecule has 1 N–H and O–H groups in total. The standard InChI is InChI=1S/C23H25N3O5/c1-15(2)16-5-9-18(10-6-16)24-21-20(17-7-11-19(12-8-17)26(29)30)22(27)25(23(21)28)13-4-14-31-3/h5-12,15,24H,4,13-14H2,1-3H3. The van der Waals surface area contributed by atoms with E-state index >= 15 is 0 Å². The number of methoxy groups -OCH3 is 1. The van der Waals surface area contributed by atoms with Gasteiger partial charge in [0.2, 0.25) is 0 Å². The van der Waals surface area contributed by atoms with Crippen molar-refractivity contribution in [1.82, 2.24) is 4.90 Å². The van der Waals surface area contributed by atoms with Crippen molar-refractivity contribution in [3.63, 3.8) is 0 Å². The Kier molecular flexibility index (Phi) is 6.81. The Labute approximate surface area is 180 Å². The van der Waals surface area contributed by atoms with E-state index in [4.69, 9.17) is 4.74 Å². The number of imide groups is 1. The maximum absolute atomic E-state index is 13.1. The molecular formula is C23H25N3O5. The fourth-order valence-corrected chi connectivity index (χ4v) is 3.38. The Morgan fingerprint density at radius 2 is 1.68 bits per heavy atom. The van der Waals surface area contributed by atoms with E-state index < -0.39 is 16.7 Å². The number of hydrogen-bond acceptors (Lipinski definition) is 6. The van der Waals surface area contributed by atoms with E-state index in [9.17, 15) is 19.7 Å². The van der Waals surface area contributed by atoms with Crippen LogP contribution in [0.1, 0.15) is 37.3 Å². The van der Waals surface area contributed by atoms with Crippen molar-refractivity contribution in [2.75, 3.05) is 25.6 Å². The largest absolute Gasteiger partial charge is 0.385 e. The summed E-state index contributed by atoms with van der Waals surface area (Å²) in [7, 11) is 1.56. The number of hydrogen-bond donors (Lipinski definition) is 1. The summed E-state index contributed by atoms with van der Waals surface area (Å²) >= 11 is 0. The summed E-state index contributed by atoms with van der Waals surface area (Å²) in [6, 6.07) is 13.3. The summed E-state index contributed by atoms with van der Waals surface area (Å²) in [5.74, 6) is -0.492. The van der Waals surface area contributed by atoms with E-state index in [1.165, 1.54) is 29.2 Å². The molecule has 8 heteroatoms. The molecule has 162 valence electrons. The maximum atomic E-state index is 13.1. The summed E-state index contributed by atoms with van der Waals surface area (Å²) in [6.07, 6.45) is 0.512. The second kappa shape index (κ2) is 9.53. The van der Waals surface area contributed by atoms with Gasteiger partial charge in [0.15, 0.2) is 0 Å². The number of amides is 2. The molecule has 0 aromatic heterocycles. The molecule has 0 unspecified atom stereocenters. The summed E-state index contributed by atoms with van der Waals surface area (Å²) in [5, 5.41) is 14.1. The predicted molar refractivity (Wildman–Crippen MR) is 117 cm³/mol. The molecule has 1 heterocycles. The Hall–Kier alpha value is -3.52. The molecule has 3 rings (SSSR count). The second-order valence-electron chi connectivity index (χ2n) is 7.56. The normalized spacial score (nSPS) is 14.0. The SMILES string of the molecule is COCCCN1C(=O)C(Nc2ccc(C(C)C)cc2)=C(c2ccc([N+](=O)[O-])cc2)C1=O. The fraction of sp³-hybridized carbons (Fsp3) is 0.304. The van der Waals surface area contributed by atoms with Crippen LogP contribution in [-0.4, -0.2) is 41.9 Å². The lowest BCUT2D eigenvalue weighted by Gasteiger charge is -2.15. The summed E-state index contributed by atoms with van der Waals surface area (Å²) in [5.41, 5.74) is 2.55. The minimum Gasteiger partial charge on any atom is -0.385 e. The quantitative estimate of drug-likeness (QED) is 0.284. The first kappa shape index (κ1) is 22.2. The molecule has 8 nitrogen and oxygen atoms in total. The molecule has 31 heavy (non-hydrogen) atoms. The maximum Gasteiger partial charge on any atom is 0.278 e. The first-order valence-electron chi connectivity index (χ1n) is 10.0. The highest BCUT2D eigenvalue weighted by atomic mass is 16.6. The van der Waals surface area contributed by atoms with Gasteiger partial charge in [-0.2, -0.15) is 0 Å². The van der Waals surface area contributed by atoms with E-state index in [-0.39, 0.29) is 23.5 Å². The molecule has 1 aliphatic heterocycles. The summed E-state index contributed by atoms with van der Waals surface area (Å²) in [4.78, 5) is 37.8. The lowest BCUT2D eigenvalue weighted by Crippen LogP contribution is -2.33. The van der Waals surface area contributed by atoms with Crippen LogP contribution in [0.5, 0.6) is 0 Å². The summed E-state index contributed by atoms with van der Waals surface area (Å²) < 4.78 is 5.03. The average molecular weight is 423 g/mol. The third-order valence-electron chi connectivity index (χ3n) is 5.11. The van der Waals surface area contributed by atoms with Gasteiger partial charge in [-0.1, -0.05) is 26.0 Å². The first-order chi connectivity index (χ1) is 14.8. The number of carbonyl (C=O) groups is 2. The first-order valence-corrected chi connectivity index (χ1v) is 10.0. The zero-order valence-corrected chi connectivity index (χ0v) is 17.8. The lowest BCUT2D eigenvalue weighted by molar-refractivity contribution is -0.384. The number of nitrogens with zero attached hydrogens (tertiary/aromatic N) is 2. The van der Waals surface area contributed by atoms with Gasteiger partial charge in [-0.3, -0.25) is 24.6 Å². The van der Waals surface area contributed by atoms with E-state index in [1.807, 2.05) is 24.3 Å². The predicted octanol–water partition coefficient (Wildman–Crippen LogP) is 3.95. The Bertz CT molecular complexity index is 1010. The van der Waals surface area contributed by atoms with Crippen LogP contribution in [0, 0.1) is 10.1 Å². The van der Waals surface area contributed by atoms with Crippen LogP contribution in [0.15, 0.2) is 54.2 Å². The Morgan fingerprint density at radius 1 is 1.03 bits per heavy atom. The third kappa shape index (κ3) is 4.80. The molecule has 0 spiro atoms. The molecule has 2 aromatic rings. The van der Waals surface area contributed by atoms with Crippen LogP contribution in [0.3, 0.4) is 0 Å². The number of nitro benzene ring substituents is 1. The van der Waals surface area contributed by atoms with Crippen molar-refractivity contribution in [1.29, 1.82) is 0 Å². The smallest absolute Gasteiger partial charge is 0.278 e. The molecule has 0 saturated heterocycles. The highest BCUT2D eigenvalue weighted by Crippen LogP contribution is 2.31. The van der Waals surface area contributed by atoms with Crippen LogP contribution >= 0.6 is 0 Å². The van der Waals surface area contributed by atoms with Crippen molar-refractivity contribution in [2.24, 2.45) is 0 Å². The molecule has 0 bridgehead atoms. The molecule has 0 aliphatic carbocycles. The van der Waals surface area contributed by atoms with Crippen LogP contribution in [-0.2, 0) is 14.3 Å². The topological polar surface area (TPSA) is 102 Å². The molecule has 2 aromatic carbocycles. The Balaban J connectivity index is 1.97. The van der Waals surface area contributed by atoms with Crippen LogP contribution < -0.4 is 5.32 Å². The number of ether oxygens (including phenoxy) is 1. The molecular weight excluding hydrogens is 398 g/mol. The number of benzene rings is 2. The highest BCUT2D eigenvalue weighted by Gasteiger charge is 2.39. The number of anilines is 1. The monoisotopic (exact) mass is 423 g/mol. The van der Waals surface area contributed by atoms with Crippen molar-refractivity contribution < 1.29 is 19.2 Å². The number of nitro groups is 1. The highest BCUT2D eigenvalue weighted by molar-refractivity contribution is 6.36. The van der Waals surface area contributed by atoms with E-state index in [0.29, 0.717) is 30.2 Å². The molecule has 1 aliphatic rings. The zero-order valence-electron chi connectivity index (χ0n) is 17.8. The molecule has 0 saturated carbocycles. The minimum absolute atomic E-state index is 0.0862. The van der Waals surface area contributed by atoms with Crippen LogP contribution in [0.25, 0.3) is 5.57 Å². The van der Waals surface area contributed by atoms with Gasteiger partial charge in [0, 0.05) is 38.1 Å². The molecule has 0 fully saturated rings. The Morgan fingerprint density at radius 3 is 2.23 bits per heavy atom. The van der Waals surface area contributed by atoms with Gasteiger partial charge in [0.05, 0.1) is 10.5 Å². The number of nitrogens with one attached hydrogen (secondary N) is 1. The van der Waals surface area contributed by atoms with Gasteiger partial charge in [-0.15, -0.1) is 0 Å². The number of rotatable bonds is 9. The van der Waals surface area contributed by atoms with Crippen molar-refractivity contribution in [3.05, 3.63) is 75.5 Å². The number of carbonyl (C=O) groups excluding carboxylic acids is 2. The van der Waals surface area contributed by atoms with E-state index in [0.717, 1.165) is 5.56 Å². The van der Waals surface area contributed by atoms with Gasteiger partial charge in [0.25, 0.3) is 17.5 Å². The minimum atomic E-state index is -0.508. The fourth-order valence-electron chi connectivity index (χ4n) is 3.38. The molecule has 0 atom stereocenters. The van der Waals surface area contributed by atoms with Crippen LogP contribution in [0.4, 0.5) is 11.4 Å². The summed E-state index contributed by atoms with van der Waals surface area (Å²) in [6.45, 7) is 4.83. The van der Waals surface area contributed by atoms with Crippen molar-refractivity contribution in [3.8, 4) is 0 Å². The van der Waals surface area contributed by atoms with Gasteiger partial charge in [-0.25, -0.2) is 0 Å². The van der Waals surface area contributed by atoms with E-state index in [2.05, 4.69) is 19.2 Å². The third-order valence-corrected chi connectivity index (χ3v) is 5.11. The van der Waals surface area contributed by atoms with Gasteiger partial charge in [-0.05, 0) is 47.7 Å². The van der Waals surface area contributed by atoms with Crippen molar-refractivity contribution in [2.45, 2.75) is 26.2 Å². The second-order valence-corrected chi connectivity index (χ2v) is 7.56. The molecule has 2 amide bonds. The average Bonchev–Trinajstić information content (AvgIpc) is 2.98. The van der Waals surface area contributed by atoms with Crippen molar-refractivity contribution >= 4 is 28.8 Å². The van der Waals surface area contributed by atoms with Gasteiger partial charge < -0.3 is 10.1 Å². The van der Waals surface area contributed by atoms with Crippen LogP contribution in [0.2, 0.25) is 0 Å². The van der Waals surface area contributed by atoms with Gasteiger partial charge >= 0.3 is 0 Å². The lowest BCUT2D eigenvalue weighted by atomic mass is 10.0. The zero-order chi connectivity index (χ0) is 22.5.